The van der Waals surface area contributed by atoms with Crippen molar-refractivity contribution >= 4 is 23.1 Å². The Balaban J connectivity index is 2.51. The van der Waals surface area contributed by atoms with E-state index in [0.29, 0.717) is 5.56 Å². The molecule has 0 spiro atoms. The van der Waals surface area contributed by atoms with Crippen LogP contribution in [-0.4, -0.2) is 23.9 Å². The van der Waals surface area contributed by atoms with Gasteiger partial charge in [-0.3, -0.25) is 4.79 Å². The molecule has 0 bridgehead atoms. The summed E-state index contributed by atoms with van der Waals surface area (Å²) >= 11 is 4.78. The van der Waals surface area contributed by atoms with Gasteiger partial charge >= 0.3 is 0 Å². The molecule has 1 aromatic carbocycles. The predicted octanol–water partition coefficient (Wildman–Crippen LogP) is 1.24. The summed E-state index contributed by atoms with van der Waals surface area (Å²) in [6.45, 7) is -0.621. The molecule has 0 fully saturated rings. The molecule has 3 N–H and O–H groups in total. The molecule has 6 heteroatoms. The Bertz CT molecular complexity index is 406. The van der Waals surface area contributed by atoms with Crippen LogP contribution >= 0.6 is 12.2 Å². The largest absolute Gasteiger partial charge is 0.389 e. The highest BCUT2D eigenvalue weighted by molar-refractivity contribution is 7.80. The lowest BCUT2D eigenvalue weighted by atomic mass is 10.1. The second kappa shape index (κ2) is 6.24. The van der Waals surface area contributed by atoms with E-state index in [1.807, 2.05) is 0 Å². The third kappa shape index (κ3) is 4.86. The van der Waals surface area contributed by atoms with Gasteiger partial charge in [0.15, 0.2) is 0 Å². The van der Waals surface area contributed by atoms with E-state index in [-0.39, 0.29) is 11.4 Å². The number of thiocarbonyl (C=S) groups is 1. The molecule has 0 saturated heterocycles. The van der Waals surface area contributed by atoms with Gasteiger partial charge in [0, 0.05) is 5.56 Å². The number of halogens is 2. The molecule has 0 heterocycles. The molecule has 0 saturated carbocycles. The first kappa shape index (κ1) is 13.5. The highest BCUT2D eigenvalue weighted by Gasteiger charge is 2.07. The molecular weight excluding hydrogens is 246 g/mol. The maximum absolute atomic E-state index is 11.8. The van der Waals surface area contributed by atoms with Crippen LogP contribution < -0.4 is 11.1 Å². The Morgan fingerprint density at radius 3 is 2.41 bits per heavy atom. The summed E-state index contributed by atoms with van der Waals surface area (Å²) in [6, 6.07) is 6.77. The van der Waals surface area contributed by atoms with Crippen LogP contribution in [0.2, 0.25) is 0 Å². The fraction of sp³-hybridized carbons (Fsp3) is 0.273. The lowest BCUT2D eigenvalue weighted by molar-refractivity contribution is -0.121. The molecule has 17 heavy (non-hydrogen) atoms. The van der Waals surface area contributed by atoms with Gasteiger partial charge in [0.2, 0.25) is 5.91 Å². The van der Waals surface area contributed by atoms with E-state index >= 15 is 0 Å². The van der Waals surface area contributed by atoms with Crippen molar-refractivity contribution in [2.75, 3.05) is 6.54 Å². The average molecular weight is 258 g/mol. The van der Waals surface area contributed by atoms with Crippen LogP contribution in [-0.2, 0) is 11.2 Å². The molecule has 92 valence electrons. The van der Waals surface area contributed by atoms with Gasteiger partial charge in [0.05, 0.1) is 13.0 Å². The number of alkyl halides is 2. The Morgan fingerprint density at radius 1 is 1.35 bits per heavy atom. The standard InChI is InChI=1S/C11H12F2N2OS/c12-9(13)6-15-10(16)5-7-1-3-8(4-2-7)11(14)17/h1-4,9H,5-6H2,(H2,14,17)(H,15,16). The Morgan fingerprint density at radius 2 is 1.94 bits per heavy atom. The van der Waals surface area contributed by atoms with E-state index in [1.54, 1.807) is 24.3 Å². The third-order valence-corrected chi connectivity index (χ3v) is 2.29. The zero-order valence-electron chi connectivity index (χ0n) is 8.95. The molecule has 0 aliphatic heterocycles. The first-order valence-corrected chi connectivity index (χ1v) is 5.33. The second-order valence-electron chi connectivity index (χ2n) is 3.43. The predicted molar refractivity (Wildman–Crippen MR) is 65.0 cm³/mol. The average Bonchev–Trinajstić information content (AvgIpc) is 2.27. The molecule has 1 aromatic rings. The fourth-order valence-electron chi connectivity index (χ4n) is 1.23. The molecule has 0 aromatic heterocycles. The maximum Gasteiger partial charge on any atom is 0.255 e. The summed E-state index contributed by atoms with van der Waals surface area (Å²) in [7, 11) is 0. The lowest BCUT2D eigenvalue weighted by Crippen LogP contribution is -2.29. The first-order chi connectivity index (χ1) is 7.99. The molecule has 0 aliphatic carbocycles. The molecule has 3 nitrogen and oxygen atoms in total. The van der Waals surface area contributed by atoms with Crippen molar-refractivity contribution in [1.82, 2.24) is 5.32 Å². The molecule has 0 atom stereocenters. The summed E-state index contributed by atoms with van der Waals surface area (Å²) in [5.74, 6) is -0.437. The number of hydrogen-bond acceptors (Lipinski definition) is 2. The monoisotopic (exact) mass is 258 g/mol. The molecule has 0 unspecified atom stereocenters. The fourth-order valence-corrected chi connectivity index (χ4v) is 1.36. The Hall–Kier alpha value is -1.56. The van der Waals surface area contributed by atoms with Crippen LogP contribution in [0.3, 0.4) is 0 Å². The minimum atomic E-state index is -2.53. The number of benzene rings is 1. The summed E-state index contributed by atoms with van der Waals surface area (Å²) in [4.78, 5) is 11.5. The summed E-state index contributed by atoms with van der Waals surface area (Å²) in [6.07, 6.45) is -2.47. The first-order valence-electron chi connectivity index (χ1n) is 4.92. The van der Waals surface area contributed by atoms with E-state index in [0.717, 1.165) is 5.56 Å². The Labute approximate surface area is 103 Å². The van der Waals surface area contributed by atoms with Gasteiger partial charge in [-0.2, -0.15) is 0 Å². The number of rotatable bonds is 5. The van der Waals surface area contributed by atoms with Crippen molar-refractivity contribution in [3.8, 4) is 0 Å². The van der Waals surface area contributed by atoms with Crippen molar-refractivity contribution in [3.05, 3.63) is 35.4 Å². The number of nitrogens with one attached hydrogen (secondary N) is 1. The number of carbonyl (C=O) groups excluding carboxylic acids is 1. The molecule has 1 rings (SSSR count). The van der Waals surface area contributed by atoms with Gasteiger partial charge in [-0.15, -0.1) is 0 Å². The van der Waals surface area contributed by atoms with Crippen molar-refractivity contribution in [2.45, 2.75) is 12.8 Å². The summed E-state index contributed by atoms with van der Waals surface area (Å²) in [5, 5.41) is 2.13. The normalized spacial score (nSPS) is 10.3. The number of amides is 1. The lowest BCUT2D eigenvalue weighted by Gasteiger charge is -2.05. The van der Waals surface area contributed by atoms with Crippen LogP contribution in [0.25, 0.3) is 0 Å². The van der Waals surface area contributed by atoms with Crippen LogP contribution in [0.1, 0.15) is 11.1 Å². The zero-order chi connectivity index (χ0) is 12.8. The molecule has 0 aliphatic rings. The van der Waals surface area contributed by atoms with Crippen LogP contribution in [0.5, 0.6) is 0 Å². The quantitative estimate of drug-likeness (QED) is 0.781. The zero-order valence-corrected chi connectivity index (χ0v) is 9.77. The van der Waals surface area contributed by atoms with E-state index in [1.165, 1.54) is 0 Å². The third-order valence-electron chi connectivity index (χ3n) is 2.06. The SMILES string of the molecule is NC(=S)c1ccc(CC(=O)NCC(F)F)cc1. The number of carbonyl (C=O) groups is 1. The smallest absolute Gasteiger partial charge is 0.255 e. The number of nitrogens with two attached hydrogens (primary N) is 1. The van der Waals surface area contributed by atoms with Crippen LogP contribution in [0.15, 0.2) is 24.3 Å². The van der Waals surface area contributed by atoms with Crippen LogP contribution in [0.4, 0.5) is 8.78 Å². The Kier molecular flexibility index (Phi) is 4.96. The molecular formula is C11H12F2N2OS. The minimum absolute atomic E-state index is 0.0599. The van der Waals surface area contributed by atoms with E-state index in [2.05, 4.69) is 5.32 Å². The van der Waals surface area contributed by atoms with Gasteiger partial charge in [-0.1, -0.05) is 36.5 Å². The van der Waals surface area contributed by atoms with E-state index in [9.17, 15) is 13.6 Å². The maximum atomic E-state index is 11.8. The van der Waals surface area contributed by atoms with Crippen LogP contribution in [0, 0.1) is 0 Å². The highest BCUT2D eigenvalue weighted by Crippen LogP contribution is 2.05. The van der Waals surface area contributed by atoms with Gasteiger partial charge in [-0.25, -0.2) is 8.78 Å². The van der Waals surface area contributed by atoms with Crippen molar-refractivity contribution in [1.29, 1.82) is 0 Å². The van der Waals surface area contributed by atoms with E-state index < -0.39 is 18.9 Å². The van der Waals surface area contributed by atoms with Gasteiger partial charge < -0.3 is 11.1 Å². The molecule has 0 radical (unpaired) electrons. The second-order valence-corrected chi connectivity index (χ2v) is 3.87. The summed E-state index contributed by atoms with van der Waals surface area (Å²) in [5.41, 5.74) is 6.84. The van der Waals surface area contributed by atoms with Gasteiger partial charge in [0.1, 0.15) is 4.99 Å². The van der Waals surface area contributed by atoms with Crippen molar-refractivity contribution in [2.24, 2.45) is 5.73 Å². The highest BCUT2D eigenvalue weighted by atomic mass is 32.1. The topological polar surface area (TPSA) is 55.1 Å². The molecule has 1 amide bonds. The van der Waals surface area contributed by atoms with Gasteiger partial charge in [0.25, 0.3) is 6.43 Å². The summed E-state index contributed by atoms with van der Waals surface area (Å²) < 4.78 is 23.7. The van der Waals surface area contributed by atoms with Crippen molar-refractivity contribution < 1.29 is 13.6 Å². The van der Waals surface area contributed by atoms with E-state index in [4.69, 9.17) is 18.0 Å². The number of hydrogen-bond donors (Lipinski definition) is 2. The minimum Gasteiger partial charge on any atom is -0.389 e. The van der Waals surface area contributed by atoms with Gasteiger partial charge in [-0.05, 0) is 5.56 Å². The van der Waals surface area contributed by atoms with Crippen molar-refractivity contribution in [3.63, 3.8) is 0 Å².